The Morgan fingerprint density at radius 1 is 1.30 bits per heavy atom. The molecule has 1 heterocycles. The van der Waals surface area contributed by atoms with Gasteiger partial charge in [-0.25, -0.2) is 0 Å². The van der Waals surface area contributed by atoms with Gasteiger partial charge in [-0.05, 0) is 37.6 Å². The third-order valence-electron chi connectivity index (χ3n) is 3.15. The Kier molecular flexibility index (Phi) is 7.09. The lowest BCUT2D eigenvalue weighted by molar-refractivity contribution is 0.102. The number of hydrogen-bond donors (Lipinski definition) is 0. The molecule has 2 rings (SSSR count). The van der Waals surface area contributed by atoms with E-state index in [1.807, 2.05) is 23.6 Å². The van der Waals surface area contributed by atoms with Crippen molar-refractivity contribution < 1.29 is 14.3 Å². The first-order valence-electron chi connectivity index (χ1n) is 7.50. The second kappa shape index (κ2) is 9.32. The minimum Gasteiger partial charge on any atom is -0.494 e. The van der Waals surface area contributed by atoms with Crippen molar-refractivity contribution in [3.8, 4) is 5.75 Å². The number of thioether (sulfide) groups is 1. The molecule has 1 aromatic carbocycles. The summed E-state index contributed by atoms with van der Waals surface area (Å²) in [5.41, 5.74) is 0.673. The van der Waals surface area contributed by atoms with E-state index in [0.717, 1.165) is 23.9 Å². The van der Waals surface area contributed by atoms with Crippen molar-refractivity contribution in [3.05, 3.63) is 36.2 Å². The highest BCUT2D eigenvalue weighted by Gasteiger charge is 2.10. The monoisotopic (exact) mass is 335 g/mol. The molecular formula is C16H21N3O3S. The standard InChI is InChI=1S/C16H21N3O3S/c1-3-22-14-7-5-13(6-8-14)15(20)11-23-16-18-17-12-19(16)9-4-10-21-2/h5-8,12H,3-4,9-11H2,1-2H3. The molecule has 0 radical (unpaired) electrons. The Labute approximate surface area is 140 Å². The van der Waals surface area contributed by atoms with Crippen molar-refractivity contribution in [2.75, 3.05) is 26.1 Å². The Morgan fingerprint density at radius 2 is 2.09 bits per heavy atom. The van der Waals surface area contributed by atoms with E-state index in [0.29, 0.717) is 24.5 Å². The van der Waals surface area contributed by atoms with E-state index in [9.17, 15) is 4.79 Å². The third-order valence-corrected chi connectivity index (χ3v) is 4.13. The molecule has 0 unspecified atom stereocenters. The summed E-state index contributed by atoms with van der Waals surface area (Å²) in [5, 5.41) is 8.72. The number of carbonyl (C=O) groups excluding carboxylic acids is 1. The lowest BCUT2D eigenvalue weighted by Gasteiger charge is -2.06. The van der Waals surface area contributed by atoms with E-state index in [1.165, 1.54) is 11.8 Å². The van der Waals surface area contributed by atoms with E-state index >= 15 is 0 Å². The summed E-state index contributed by atoms with van der Waals surface area (Å²) < 4.78 is 12.4. The Bertz CT molecular complexity index is 613. The number of aromatic nitrogens is 3. The molecule has 2 aromatic rings. The number of ketones is 1. The topological polar surface area (TPSA) is 66.2 Å². The van der Waals surface area contributed by atoms with Gasteiger partial charge in [-0.1, -0.05) is 11.8 Å². The predicted octanol–water partition coefficient (Wildman–Crippen LogP) is 2.69. The number of benzene rings is 1. The molecule has 23 heavy (non-hydrogen) atoms. The van der Waals surface area contributed by atoms with Crippen LogP contribution in [0.2, 0.25) is 0 Å². The number of methoxy groups -OCH3 is 1. The first-order chi connectivity index (χ1) is 11.2. The van der Waals surface area contributed by atoms with Gasteiger partial charge in [0, 0.05) is 25.8 Å². The van der Waals surface area contributed by atoms with Crippen molar-refractivity contribution >= 4 is 17.5 Å². The molecule has 0 saturated heterocycles. The van der Waals surface area contributed by atoms with Crippen LogP contribution < -0.4 is 4.74 Å². The molecule has 0 bridgehead atoms. The quantitative estimate of drug-likeness (QED) is 0.378. The molecule has 0 aliphatic heterocycles. The smallest absolute Gasteiger partial charge is 0.191 e. The highest BCUT2D eigenvalue weighted by atomic mass is 32.2. The first-order valence-corrected chi connectivity index (χ1v) is 8.48. The summed E-state index contributed by atoms with van der Waals surface area (Å²) in [6.45, 7) is 4.01. The van der Waals surface area contributed by atoms with Crippen LogP contribution in [-0.4, -0.2) is 46.6 Å². The molecule has 0 spiro atoms. The highest BCUT2D eigenvalue weighted by molar-refractivity contribution is 7.99. The fourth-order valence-electron chi connectivity index (χ4n) is 2.01. The molecule has 6 nitrogen and oxygen atoms in total. The first kappa shape index (κ1) is 17.5. The summed E-state index contributed by atoms with van der Waals surface area (Å²) in [6.07, 6.45) is 2.56. The van der Waals surface area contributed by atoms with Gasteiger partial charge in [0.05, 0.1) is 12.4 Å². The van der Waals surface area contributed by atoms with Crippen LogP contribution in [0.15, 0.2) is 35.7 Å². The van der Waals surface area contributed by atoms with E-state index in [1.54, 1.807) is 25.6 Å². The molecule has 0 fully saturated rings. The molecule has 0 N–H and O–H groups in total. The maximum Gasteiger partial charge on any atom is 0.191 e. The second-order valence-electron chi connectivity index (χ2n) is 4.82. The maximum atomic E-state index is 12.2. The lowest BCUT2D eigenvalue weighted by Crippen LogP contribution is -2.06. The largest absolute Gasteiger partial charge is 0.494 e. The highest BCUT2D eigenvalue weighted by Crippen LogP contribution is 2.18. The Balaban J connectivity index is 1.87. The third kappa shape index (κ3) is 5.37. The number of carbonyl (C=O) groups is 1. The van der Waals surface area contributed by atoms with Crippen LogP contribution in [0.3, 0.4) is 0 Å². The van der Waals surface area contributed by atoms with Crippen LogP contribution >= 0.6 is 11.8 Å². The number of rotatable bonds is 10. The summed E-state index contributed by atoms with van der Waals surface area (Å²) in [4.78, 5) is 12.2. The zero-order chi connectivity index (χ0) is 16.5. The van der Waals surface area contributed by atoms with Crippen LogP contribution in [0.1, 0.15) is 23.7 Å². The average Bonchev–Trinajstić information content (AvgIpc) is 3.01. The van der Waals surface area contributed by atoms with Crippen LogP contribution in [0, 0.1) is 0 Å². The molecule has 0 saturated carbocycles. The molecule has 124 valence electrons. The van der Waals surface area contributed by atoms with Gasteiger partial charge in [-0.3, -0.25) is 4.79 Å². The van der Waals surface area contributed by atoms with Gasteiger partial charge in [0.1, 0.15) is 12.1 Å². The van der Waals surface area contributed by atoms with Gasteiger partial charge in [-0.2, -0.15) is 0 Å². The minimum absolute atomic E-state index is 0.0597. The Hall–Kier alpha value is -1.86. The zero-order valence-corrected chi connectivity index (χ0v) is 14.2. The number of nitrogens with zero attached hydrogens (tertiary/aromatic N) is 3. The molecule has 7 heteroatoms. The lowest BCUT2D eigenvalue weighted by atomic mass is 10.1. The van der Waals surface area contributed by atoms with Crippen molar-refractivity contribution in [3.63, 3.8) is 0 Å². The van der Waals surface area contributed by atoms with Gasteiger partial charge < -0.3 is 14.0 Å². The van der Waals surface area contributed by atoms with Gasteiger partial charge in [-0.15, -0.1) is 10.2 Å². The molecule has 0 aliphatic rings. The number of hydrogen-bond acceptors (Lipinski definition) is 6. The maximum absolute atomic E-state index is 12.2. The van der Waals surface area contributed by atoms with Gasteiger partial charge in [0.25, 0.3) is 0 Å². The fraction of sp³-hybridized carbons (Fsp3) is 0.438. The van der Waals surface area contributed by atoms with E-state index < -0.39 is 0 Å². The summed E-state index contributed by atoms with van der Waals surface area (Å²) in [5.74, 6) is 1.16. The summed E-state index contributed by atoms with van der Waals surface area (Å²) in [7, 11) is 1.68. The fourth-order valence-corrected chi connectivity index (χ4v) is 2.84. The number of ether oxygens (including phenoxy) is 2. The molecular weight excluding hydrogens is 314 g/mol. The van der Waals surface area contributed by atoms with Crippen LogP contribution in [-0.2, 0) is 11.3 Å². The zero-order valence-electron chi connectivity index (χ0n) is 13.4. The molecule has 0 aliphatic carbocycles. The number of Topliss-reactive ketones (excluding diaryl/α,β-unsaturated/α-hetero) is 1. The van der Waals surface area contributed by atoms with Crippen LogP contribution in [0.4, 0.5) is 0 Å². The molecule has 0 atom stereocenters. The SMILES string of the molecule is CCOc1ccc(C(=O)CSc2nncn2CCCOC)cc1. The van der Waals surface area contributed by atoms with Crippen molar-refractivity contribution in [2.24, 2.45) is 0 Å². The van der Waals surface area contributed by atoms with Crippen molar-refractivity contribution in [2.45, 2.75) is 25.0 Å². The minimum atomic E-state index is 0.0597. The van der Waals surface area contributed by atoms with Gasteiger partial charge in [0.15, 0.2) is 10.9 Å². The van der Waals surface area contributed by atoms with E-state index in [4.69, 9.17) is 9.47 Å². The van der Waals surface area contributed by atoms with E-state index in [2.05, 4.69) is 10.2 Å². The Morgan fingerprint density at radius 3 is 2.78 bits per heavy atom. The van der Waals surface area contributed by atoms with Gasteiger partial charge in [0.2, 0.25) is 0 Å². The normalized spacial score (nSPS) is 10.7. The number of aryl methyl sites for hydroxylation is 1. The molecule has 0 amide bonds. The van der Waals surface area contributed by atoms with Gasteiger partial charge >= 0.3 is 0 Å². The predicted molar refractivity (Wildman–Crippen MR) is 89.2 cm³/mol. The molecule has 1 aromatic heterocycles. The van der Waals surface area contributed by atoms with Crippen LogP contribution in [0.25, 0.3) is 0 Å². The average molecular weight is 335 g/mol. The summed E-state index contributed by atoms with van der Waals surface area (Å²) in [6, 6.07) is 7.21. The van der Waals surface area contributed by atoms with E-state index in [-0.39, 0.29) is 5.78 Å². The van der Waals surface area contributed by atoms with Crippen LogP contribution in [0.5, 0.6) is 5.75 Å². The van der Waals surface area contributed by atoms with Crippen molar-refractivity contribution in [1.82, 2.24) is 14.8 Å². The summed E-state index contributed by atoms with van der Waals surface area (Å²) >= 11 is 1.40. The second-order valence-corrected chi connectivity index (χ2v) is 5.77. The van der Waals surface area contributed by atoms with Crippen molar-refractivity contribution in [1.29, 1.82) is 0 Å².